The molecule has 4 atom stereocenters. The van der Waals surface area contributed by atoms with Crippen LogP contribution >= 0.6 is 0 Å². The van der Waals surface area contributed by atoms with Crippen LogP contribution in [0.1, 0.15) is 37.8 Å². The average Bonchev–Trinajstić information content (AvgIpc) is 3.01. The zero-order valence-corrected chi connectivity index (χ0v) is 18.9. The highest BCUT2D eigenvalue weighted by molar-refractivity contribution is 6.13. The van der Waals surface area contributed by atoms with Gasteiger partial charge in [-0.1, -0.05) is 19.1 Å². The molecule has 9 nitrogen and oxygen atoms in total. The van der Waals surface area contributed by atoms with Gasteiger partial charge >= 0.3 is 11.4 Å². The molecule has 3 aliphatic rings. The van der Waals surface area contributed by atoms with Gasteiger partial charge in [0.1, 0.15) is 11.5 Å². The van der Waals surface area contributed by atoms with E-state index in [0.717, 1.165) is 10.1 Å². The number of methoxy groups -OCH3 is 1. The van der Waals surface area contributed by atoms with Crippen LogP contribution in [-0.4, -0.2) is 37.7 Å². The molecule has 1 aliphatic heterocycles. The van der Waals surface area contributed by atoms with Gasteiger partial charge in [0.25, 0.3) is 0 Å². The second kappa shape index (κ2) is 6.94. The van der Waals surface area contributed by atoms with Crippen molar-refractivity contribution < 1.29 is 19.4 Å². The number of aromatic nitrogens is 3. The molecule has 1 saturated carbocycles. The third kappa shape index (κ3) is 2.65. The fourth-order valence-electron chi connectivity index (χ4n) is 5.89. The van der Waals surface area contributed by atoms with Crippen molar-refractivity contribution in [2.75, 3.05) is 7.11 Å². The van der Waals surface area contributed by atoms with E-state index >= 15 is 0 Å². The van der Waals surface area contributed by atoms with E-state index in [1.165, 1.54) is 35.7 Å². The minimum absolute atomic E-state index is 0.0595. The Bertz CT molecular complexity index is 1400. The number of carbonyl (C=O) groups excluding carboxylic acids is 2. The Morgan fingerprint density at radius 1 is 1.15 bits per heavy atom. The normalized spacial score (nSPS) is 28.4. The van der Waals surface area contributed by atoms with Crippen molar-refractivity contribution >= 4 is 11.6 Å². The lowest BCUT2D eigenvalue weighted by molar-refractivity contribution is -0.139. The number of rotatable bonds is 2. The van der Waals surface area contributed by atoms with Gasteiger partial charge in [0.05, 0.1) is 25.1 Å². The molecule has 0 unspecified atom stereocenters. The molecule has 0 amide bonds. The first kappa shape index (κ1) is 21.2. The van der Waals surface area contributed by atoms with E-state index in [1.54, 1.807) is 26.0 Å². The highest BCUT2D eigenvalue weighted by atomic mass is 16.5. The monoisotopic (exact) mass is 451 g/mol. The number of benzene rings is 1. The number of hydrogen-bond donors (Lipinski definition) is 1. The molecule has 2 aromatic rings. The van der Waals surface area contributed by atoms with E-state index in [9.17, 15) is 24.3 Å². The molecule has 1 fully saturated rings. The van der Waals surface area contributed by atoms with Gasteiger partial charge in [0, 0.05) is 30.5 Å². The number of Topliss-reactive ketones (excluding diaryl/α,β-unsaturated/α-hetero) is 1. The molecule has 2 heterocycles. The van der Waals surface area contributed by atoms with Gasteiger partial charge < -0.3 is 9.84 Å². The molecule has 1 N–H and O–H groups in total. The molecule has 0 saturated heterocycles. The van der Waals surface area contributed by atoms with Gasteiger partial charge in [-0.3, -0.25) is 9.59 Å². The molecule has 2 aliphatic carbocycles. The third-order valence-corrected chi connectivity index (χ3v) is 7.68. The second-order valence-electron chi connectivity index (χ2n) is 9.26. The van der Waals surface area contributed by atoms with Crippen LogP contribution in [0.5, 0.6) is 11.5 Å². The van der Waals surface area contributed by atoms with Crippen LogP contribution in [0.2, 0.25) is 0 Å². The van der Waals surface area contributed by atoms with Crippen LogP contribution in [0.4, 0.5) is 0 Å². The van der Waals surface area contributed by atoms with Crippen molar-refractivity contribution in [3.05, 3.63) is 68.0 Å². The summed E-state index contributed by atoms with van der Waals surface area (Å²) < 4.78 is 9.02. The van der Waals surface area contributed by atoms with E-state index in [-0.39, 0.29) is 30.3 Å². The van der Waals surface area contributed by atoms with Gasteiger partial charge in [0.15, 0.2) is 11.6 Å². The standard InChI is InChI=1S/C24H25N3O6/c1-12-9-19(29)24(2)16(21(12)30)11-17-14(7-8-26-22(31)25(3)23(32)27(17)26)20(24)15-6-5-13(33-4)10-18(15)28/h5-7,9-10,16-17,20,28H,8,11H2,1-4H3/t16-,17+,20+,24-/m0/s1. The molecule has 0 bridgehead atoms. The Hall–Kier alpha value is -3.62. The zero-order chi connectivity index (χ0) is 23.8. The van der Waals surface area contributed by atoms with E-state index in [0.29, 0.717) is 16.9 Å². The quantitative estimate of drug-likeness (QED) is 0.692. The fraction of sp³-hybridized carbons (Fsp3) is 0.417. The maximum Gasteiger partial charge on any atom is 0.347 e. The van der Waals surface area contributed by atoms with E-state index < -0.39 is 34.7 Å². The first-order valence-corrected chi connectivity index (χ1v) is 10.8. The number of fused-ring (bicyclic) bond motifs is 4. The Morgan fingerprint density at radius 2 is 1.88 bits per heavy atom. The first-order valence-electron chi connectivity index (χ1n) is 10.8. The molecule has 1 aromatic heterocycles. The minimum atomic E-state index is -1.15. The first-order chi connectivity index (χ1) is 15.6. The predicted octanol–water partition coefficient (Wildman–Crippen LogP) is 1.45. The van der Waals surface area contributed by atoms with Crippen molar-refractivity contribution in [3.8, 4) is 11.5 Å². The number of allylic oxidation sites excluding steroid dienone is 4. The molecular weight excluding hydrogens is 426 g/mol. The number of ketones is 2. The highest BCUT2D eigenvalue weighted by Gasteiger charge is 2.59. The van der Waals surface area contributed by atoms with E-state index in [1.807, 2.05) is 6.08 Å². The van der Waals surface area contributed by atoms with Crippen LogP contribution in [0, 0.1) is 11.3 Å². The third-order valence-electron chi connectivity index (χ3n) is 7.68. The number of phenols is 1. The highest BCUT2D eigenvalue weighted by Crippen LogP contribution is 2.60. The van der Waals surface area contributed by atoms with Crippen molar-refractivity contribution in [1.82, 2.24) is 13.9 Å². The minimum Gasteiger partial charge on any atom is -0.508 e. The Balaban J connectivity index is 1.80. The number of nitrogens with zero attached hydrogens (tertiary/aromatic N) is 3. The van der Waals surface area contributed by atoms with Gasteiger partial charge in [-0.15, -0.1) is 0 Å². The van der Waals surface area contributed by atoms with Crippen molar-refractivity contribution in [1.29, 1.82) is 0 Å². The Labute approximate surface area is 189 Å². The summed E-state index contributed by atoms with van der Waals surface area (Å²) in [5.41, 5.74) is -0.454. The molecule has 0 spiro atoms. The number of phenolic OH excluding ortho intramolecular Hbond substituents is 1. The number of ether oxygens (including phenoxy) is 1. The molecular formula is C24H25N3O6. The van der Waals surface area contributed by atoms with Crippen LogP contribution in [0.25, 0.3) is 0 Å². The van der Waals surface area contributed by atoms with E-state index in [4.69, 9.17) is 4.74 Å². The number of carbonyl (C=O) groups is 2. The number of aromatic hydroxyl groups is 1. The molecule has 5 rings (SSSR count). The predicted molar refractivity (Wildman–Crippen MR) is 118 cm³/mol. The average molecular weight is 451 g/mol. The van der Waals surface area contributed by atoms with Gasteiger partial charge in [-0.2, -0.15) is 0 Å². The fourth-order valence-corrected chi connectivity index (χ4v) is 5.89. The summed E-state index contributed by atoms with van der Waals surface area (Å²) in [6.07, 6.45) is 3.46. The smallest absolute Gasteiger partial charge is 0.347 e. The molecule has 0 radical (unpaired) electrons. The maximum atomic E-state index is 13.5. The topological polar surface area (TPSA) is 113 Å². The lowest BCUT2D eigenvalue weighted by Gasteiger charge is -2.52. The van der Waals surface area contributed by atoms with Crippen LogP contribution in [0.15, 0.2) is 51.1 Å². The summed E-state index contributed by atoms with van der Waals surface area (Å²) in [5.74, 6) is -1.32. The SMILES string of the molecule is COc1ccc([C@H]2C3=CCn4c(=O)n(C)c(=O)n4[C@@H]3C[C@H]3C(=O)C(C)=CC(=O)[C@@]23C)c(O)c1. The Kier molecular flexibility index (Phi) is 4.46. The van der Waals surface area contributed by atoms with Crippen molar-refractivity contribution in [2.45, 2.75) is 38.8 Å². The molecule has 9 heteroatoms. The molecule has 33 heavy (non-hydrogen) atoms. The van der Waals surface area contributed by atoms with Gasteiger partial charge in [-0.05, 0) is 36.6 Å². The van der Waals surface area contributed by atoms with Crippen molar-refractivity contribution in [3.63, 3.8) is 0 Å². The summed E-state index contributed by atoms with van der Waals surface area (Å²) in [6, 6.07) is 4.28. The summed E-state index contributed by atoms with van der Waals surface area (Å²) in [6.45, 7) is 3.55. The zero-order valence-electron chi connectivity index (χ0n) is 18.9. The lowest BCUT2D eigenvalue weighted by atomic mass is 9.51. The second-order valence-corrected chi connectivity index (χ2v) is 9.26. The maximum absolute atomic E-state index is 13.5. The number of hydrogen-bond acceptors (Lipinski definition) is 6. The van der Waals surface area contributed by atoms with Crippen LogP contribution < -0.4 is 16.1 Å². The van der Waals surface area contributed by atoms with Crippen LogP contribution in [-0.2, 0) is 23.2 Å². The van der Waals surface area contributed by atoms with Crippen molar-refractivity contribution in [2.24, 2.45) is 18.4 Å². The van der Waals surface area contributed by atoms with Gasteiger partial charge in [0.2, 0.25) is 0 Å². The summed E-state index contributed by atoms with van der Waals surface area (Å²) >= 11 is 0. The lowest BCUT2D eigenvalue weighted by Crippen LogP contribution is -2.54. The Morgan fingerprint density at radius 3 is 2.55 bits per heavy atom. The van der Waals surface area contributed by atoms with Gasteiger partial charge in [-0.25, -0.2) is 23.5 Å². The van der Waals surface area contributed by atoms with Crippen LogP contribution in [0.3, 0.4) is 0 Å². The summed E-state index contributed by atoms with van der Waals surface area (Å²) in [4.78, 5) is 52.4. The largest absolute Gasteiger partial charge is 0.508 e. The summed E-state index contributed by atoms with van der Waals surface area (Å²) in [7, 11) is 2.91. The molecule has 172 valence electrons. The molecule has 1 aromatic carbocycles. The summed E-state index contributed by atoms with van der Waals surface area (Å²) in [5, 5.41) is 10.9. The van der Waals surface area contributed by atoms with E-state index in [2.05, 4.69) is 0 Å².